The maximum Gasteiger partial charge on any atom is 0.0480 e. The average Bonchev–Trinajstić information content (AvgIpc) is 2.69. The van der Waals surface area contributed by atoms with Crippen LogP contribution in [-0.4, -0.2) is 43.4 Å². The van der Waals surface area contributed by atoms with E-state index >= 15 is 0 Å². The smallest absolute Gasteiger partial charge is 0.0480 e. The second-order valence-electron chi connectivity index (χ2n) is 7.70. The van der Waals surface area contributed by atoms with Gasteiger partial charge < -0.3 is 9.47 Å². The van der Waals surface area contributed by atoms with E-state index in [1.807, 2.05) is 0 Å². The summed E-state index contributed by atoms with van der Waals surface area (Å²) in [5.41, 5.74) is 2.79. The third-order valence-corrected chi connectivity index (χ3v) is 5.47. The number of hydrogen-bond donors (Lipinski definition) is 0. The van der Waals surface area contributed by atoms with E-state index in [-0.39, 0.29) is 0 Å². The second-order valence-corrected chi connectivity index (χ2v) is 7.70. The SMILES string of the molecule is CCCCC.Cc1cccc(CN(C2CCOCC2)C2CCOCC2)c1. The number of unbranched alkanes of at least 4 members (excludes halogenated alkanes) is 2. The maximum atomic E-state index is 5.56. The fourth-order valence-electron chi connectivity index (χ4n) is 3.96. The van der Waals surface area contributed by atoms with E-state index in [0.29, 0.717) is 12.1 Å². The Hall–Kier alpha value is -0.900. The van der Waals surface area contributed by atoms with Gasteiger partial charge in [0.05, 0.1) is 0 Å². The van der Waals surface area contributed by atoms with Crippen molar-refractivity contribution in [1.82, 2.24) is 4.90 Å². The molecule has 3 nitrogen and oxygen atoms in total. The standard InChI is InChI=1S/C18H27NO2.C5H12/c1-15-3-2-4-16(13-15)14-19(17-5-9-20-10-6-17)18-7-11-21-12-8-18;1-3-5-4-2/h2-4,13,17-18H,5-12,14H2,1H3;3-5H2,1-2H3. The zero-order chi connectivity index (χ0) is 18.6. The predicted molar refractivity (Wildman–Crippen MR) is 110 cm³/mol. The molecule has 0 saturated carbocycles. The van der Waals surface area contributed by atoms with Gasteiger partial charge >= 0.3 is 0 Å². The minimum atomic E-state index is 0.669. The van der Waals surface area contributed by atoms with E-state index in [4.69, 9.17) is 9.47 Å². The van der Waals surface area contributed by atoms with E-state index in [1.54, 1.807) is 0 Å². The first-order chi connectivity index (χ1) is 12.7. The van der Waals surface area contributed by atoms with Gasteiger partial charge in [-0.15, -0.1) is 0 Å². The molecule has 0 N–H and O–H groups in total. The molecule has 0 aliphatic carbocycles. The third kappa shape index (κ3) is 7.38. The highest BCUT2D eigenvalue weighted by Crippen LogP contribution is 2.25. The summed E-state index contributed by atoms with van der Waals surface area (Å²) < 4.78 is 11.1. The molecule has 2 aliphatic heterocycles. The molecule has 0 aromatic heterocycles. The second kappa shape index (κ2) is 12.5. The van der Waals surface area contributed by atoms with Crippen LogP contribution in [0.5, 0.6) is 0 Å². The summed E-state index contributed by atoms with van der Waals surface area (Å²) >= 11 is 0. The van der Waals surface area contributed by atoms with Gasteiger partial charge in [0.2, 0.25) is 0 Å². The molecule has 0 bridgehead atoms. The lowest BCUT2D eigenvalue weighted by Gasteiger charge is -2.41. The van der Waals surface area contributed by atoms with E-state index < -0.39 is 0 Å². The fourth-order valence-corrected chi connectivity index (χ4v) is 3.96. The van der Waals surface area contributed by atoms with Gasteiger partial charge in [0.15, 0.2) is 0 Å². The maximum absolute atomic E-state index is 5.56. The topological polar surface area (TPSA) is 21.7 Å². The molecule has 0 amide bonds. The molecule has 3 rings (SSSR count). The monoisotopic (exact) mass is 361 g/mol. The minimum Gasteiger partial charge on any atom is -0.381 e. The Balaban J connectivity index is 0.000000431. The minimum absolute atomic E-state index is 0.669. The lowest BCUT2D eigenvalue weighted by Crippen LogP contribution is -2.47. The zero-order valence-electron chi connectivity index (χ0n) is 17.2. The molecule has 2 fully saturated rings. The number of ether oxygens (including phenoxy) is 2. The molecule has 2 aliphatic rings. The first kappa shape index (κ1) is 21.4. The van der Waals surface area contributed by atoms with Crippen LogP contribution in [0, 0.1) is 6.92 Å². The summed E-state index contributed by atoms with van der Waals surface area (Å²) in [5, 5.41) is 0. The van der Waals surface area contributed by atoms with Gasteiger partial charge in [-0.2, -0.15) is 0 Å². The van der Waals surface area contributed by atoms with Gasteiger partial charge in [0.25, 0.3) is 0 Å². The molecule has 1 aromatic carbocycles. The third-order valence-electron chi connectivity index (χ3n) is 5.47. The van der Waals surface area contributed by atoms with Crippen LogP contribution in [0.3, 0.4) is 0 Å². The highest BCUT2D eigenvalue weighted by Gasteiger charge is 2.29. The van der Waals surface area contributed by atoms with Crippen LogP contribution in [0.2, 0.25) is 0 Å². The Bertz CT molecular complexity index is 459. The molecule has 0 spiro atoms. The fraction of sp³-hybridized carbons (Fsp3) is 0.739. The van der Waals surface area contributed by atoms with Crippen molar-refractivity contribution in [2.75, 3.05) is 26.4 Å². The number of aryl methyl sites for hydroxylation is 1. The number of benzene rings is 1. The van der Waals surface area contributed by atoms with Gasteiger partial charge in [-0.3, -0.25) is 4.90 Å². The Kier molecular flexibility index (Phi) is 10.3. The first-order valence-electron chi connectivity index (χ1n) is 10.7. The van der Waals surface area contributed by atoms with Crippen LogP contribution in [0.1, 0.15) is 69.9 Å². The highest BCUT2D eigenvalue weighted by atomic mass is 16.5. The van der Waals surface area contributed by atoms with Crippen molar-refractivity contribution < 1.29 is 9.47 Å². The molecular formula is C23H39NO2. The van der Waals surface area contributed by atoms with Crippen LogP contribution < -0.4 is 0 Å². The van der Waals surface area contributed by atoms with Crippen molar-refractivity contribution >= 4 is 0 Å². The molecule has 0 atom stereocenters. The van der Waals surface area contributed by atoms with E-state index in [9.17, 15) is 0 Å². The van der Waals surface area contributed by atoms with Crippen LogP contribution in [0.25, 0.3) is 0 Å². The summed E-state index contributed by atoms with van der Waals surface area (Å²) in [6.07, 6.45) is 8.76. The number of rotatable bonds is 6. The van der Waals surface area contributed by atoms with Gasteiger partial charge in [0, 0.05) is 45.1 Å². The van der Waals surface area contributed by atoms with Crippen LogP contribution >= 0.6 is 0 Å². The molecule has 1 aromatic rings. The Morgan fingerprint density at radius 2 is 1.42 bits per heavy atom. The Labute approximate surface area is 161 Å². The largest absolute Gasteiger partial charge is 0.381 e. The van der Waals surface area contributed by atoms with Crippen molar-refractivity contribution in [3.05, 3.63) is 35.4 Å². The molecule has 2 saturated heterocycles. The van der Waals surface area contributed by atoms with Crippen molar-refractivity contribution in [2.24, 2.45) is 0 Å². The number of nitrogens with zero attached hydrogens (tertiary/aromatic N) is 1. The summed E-state index contributed by atoms with van der Waals surface area (Å²) in [5.74, 6) is 0. The lowest BCUT2D eigenvalue weighted by molar-refractivity contribution is -0.0228. The summed E-state index contributed by atoms with van der Waals surface area (Å²) in [7, 11) is 0. The van der Waals surface area contributed by atoms with E-state index in [1.165, 1.54) is 56.1 Å². The van der Waals surface area contributed by atoms with Crippen molar-refractivity contribution in [3.8, 4) is 0 Å². The summed E-state index contributed by atoms with van der Waals surface area (Å²) in [6.45, 7) is 11.3. The molecule has 2 heterocycles. The summed E-state index contributed by atoms with van der Waals surface area (Å²) in [6, 6.07) is 10.3. The van der Waals surface area contributed by atoms with Crippen molar-refractivity contribution in [3.63, 3.8) is 0 Å². The zero-order valence-corrected chi connectivity index (χ0v) is 17.2. The summed E-state index contributed by atoms with van der Waals surface area (Å²) in [4.78, 5) is 2.74. The molecule has 0 radical (unpaired) electrons. The Morgan fingerprint density at radius 1 is 0.885 bits per heavy atom. The average molecular weight is 362 g/mol. The molecule has 26 heavy (non-hydrogen) atoms. The van der Waals surface area contributed by atoms with E-state index in [2.05, 4.69) is 49.9 Å². The highest BCUT2D eigenvalue weighted by molar-refractivity contribution is 5.22. The Morgan fingerprint density at radius 3 is 1.85 bits per heavy atom. The van der Waals surface area contributed by atoms with Crippen molar-refractivity contribution in [1.29, 1.82) is 0 Å². The van der Waals surface area contributed by atoms with Gasteiger partial charge in [0.1, 0.15) is 0 Å². The molecule has 148 valence electrons. The first-order valence-corrected chi connectivity index (χ1v) is 10.7. The molecule has 0 unspecified atom stereocenters. The predicted octanol–water partition coefficient (Wildman–Crippen LogP) is 5.35. The number of hydrogen-bond acceptors (Lipinski definition) is 3. The quantitative estimate of drug-likeness (QED) is 0.681. The lowest BCUT2D eigenvalue weighted by atomic mass is 9.98. The molecular weight excluding hydrogens is 322 g/mol. The molecule has 3 heteroatoms. The van der Waals surface area contributed by atoms with Gasteiger partial charge in [-0.1, -0.05) is 62.9 Å². The van der Waals surface area contributed by atoms with Gasteiger partial charge in [-0.25, -0.2) is 0 Å². The van der Waals surface area contributed by atoms with Crippen LogP contribution in [0.15, 0.2) is 24.3 Å². The van der Waals surface area contributed by atoms with Crippen molar-refractivity contribution in [2.45, 2.75) is 84.3 Å². The van der Waals surface area contributed by atoms with E-state index in [0.717, 1.165) is 33.0 Å². The van der Waals surface area contributed by atoms with Crippen LogP contribution in [0.4, 0.5) is 0 Å². The normalized spacial score (nSPS) is 19.2. The van der Waals surface area contributed by atoms with Crippen LogP contribution in [-0.2, 0) is 16.0 Å². The van der Waals surface area contributed by atoms with Gasteiger partial charge in [-0.05, 0) is 38.2 Å².